The van der Waals surface area contributed by atoms with Crippen LogP contribution in [0.25, 0.3) is 6.08 Å². The Kier molecular flexibility index (Phi) is 8.81. The molecule has 0 aliphatic carbocycles. The molecule has 0 bridgehead atoms. The van der Waals surface area contributed by atoms with Crippen LogP contribution < -0.4 is 14.2 Å². The molecule has 3 aromatic rings. The van der Waals surface area contributed by atoms with Crippen molar-refractivity contribution in [2.75, 3.05) is 20.3 Å². The van der Waals surface area contributed by atoms with Gasteiger partial charge in [0.25, 0.3) is 11.1 Å². The number of para-hydroxylation sites is 1. The third-order valence-electron chi connectivity index (χ3n) is 5.34. The highest BCUT2D eigenvalue weighted by molar-refractivity contribution is 14.1. The summed E-state index contributed by atoms with van der Waals surface area (Å²) in [4.78, 5) is 26.9. The van der Waals surface area contributed by atoms with E-state index in [9.17, 15) is 9.59 Å². The van der Waals surface area contributed by atoms with E-state index in [2.05, 4.69) is 22.6 Å². The molecule has 0 unspecified atom stereocenters. The average molecular weight is 636 g/mol. The molecule has 9 heteroatoms. The Balaban J connectivity index is 1.44. The molecule has 1 fully saturated rings. The van der Waals surface area contributed by atoms with Gasteiger partial charge in [0.05, 0.1) is 27.2 Å². The van der Waals surface area contributed by atoms with Gasteiger partial charge in [0.1, 0.15) is 19.0 Å². The smallest absolute Gasteiger partial charge is 0.293 e. The van der Waals surface area contributed by atoms with Crippen molar-refractivity contribution in [1.29, 1.82) is 0 Å². The fraction of sp³-hybridized carbons (Fsp3) is 0.185. The number of halogens is 2. The molecule has 0 aromatic heterocycles. The standard InChI is InChI=1S/C27H23ClINO5S/c1-17-7-9-18(10-8-17)16-35-25-21(29)13-19(14-23(25)33-2)15-24-26(31)30(27(32)36-24)11-12-34-22-6-4-3-5-20(22)28/h3-10,13-15H,11-12,16H2,1-2H3/b24-15-. The number of aryl methyl sites for hydroxylation is 1. The number of benzene rings is 3. The molecule has 1 heterocycles. The number of hydrogen-bond acceptors (Lipinski definition) is 6. The Morgan fingerprint density at radius 1 is 1.03 bits per heavy atom. The van der Waals surface area contributed by atoms with Gasteiger partial charge in [0, 0.05) is 0 Å². The minimum atomic E-state index is -0.360. The molecule has 1 saturated heterocycles. The Morgan fingerprint density at radius 2 is 1.78 bits per heavy atom. The maximum absolute atomic E-state index is 12.9. The Hall–Kier alpha value is -2.69. The first-order valence-corrected chi connectivity index (χ1v) is 13.3. The molecule has 186 valence electrons. The van der Waals surface area contributed by atoms with E-state index in [0.29, 0.717) is 33.8 Å². The zero-order valence-corrected chi connectivity index (χ0v) is 23.4. The van der Waals surface area contributed by atoms with Crippen molar-refractivity contribution in [2.45, 2.75) is 13.5 Å². The molecular formula is C27H23ClINO5S. The van der Waals surface area contributed by atoms with Crippen molar-refractivity contribution < 1.29 is 23.8 Å². The highest BCUT2D eigenvalue weighted by Gasteiger charge is 2.35. The van der Waals surface area contributed by atoms with Gasteiger partial charge in [-0.2, -0.15) is 0 Å². The zero-order valence-electron chi connectivity index (χ0n) is 19.6. The van der Waals surface area contributed by atoms with Crippen LogP contribution in [0.5, 0.6) is 17.2 Å². The molecular weight excluding hydrogens is 613 g/mol. The van der Waals surface area contributed by atoms with Crippen LogP contribution in [0, 0.1) is 10.5 Å². The number of nitrogens with zero attached hydrogens (tertiary/aromatic N) is 1. The molecule has 1 aliphatic rings. The van der Waals surface area contributed by atoms with E-state index in [4.69, 9.17) is 25.8 Å². The van der Waals surface area contributed by atoms with Crippen molar-refractivity contribution in [3.05, 3.63) is 90.9 Å². The second-order valence-corrected chi connectivity index (χ2v) is 10.5. The summed E-state index contributed by atoms with van der Waals surface area (Å²) in [6, 6.07) is 18.9. The topological polar surface area (TPSA) is 65.1 Å². The quantitative estimate of drug-likeness (QED) is 0.187. The summed E-state index contributed by atoms with van der Waals surface area (Å²) in [5.74, 6) is 1.32. The number of ether oxygens (including phenoxy) is 3. The summed E-state index contributed by atoms with van der Waals surface area (Å²) >= 11 is 9.17. The number of rotatable bonds is 9. The van der Waals surface area contributed by atoms with Gasteiger partial charge in [0.2, 0.25) is 0 Å². The zero-order chi connectivity index (χ0) is 25.7. The fourth-order valence-electron chi connectivity index (χ4n) is 3.46. The maximum atomic E-state index is 12.9. The Bertz CT molecular complexity index is 1310. The second kappa shape index (κ2) is 12.0. The highest BCUT2D eigenvalue weighted by Crippen LogP contribution is 2.37. The summed E-state index contributed by atoms with van der Waals surface area (Å²) in [6.45, 7) is 2.72. The monoisotopic (exact) mass is 635 g/mol. The first-order valence-electron chi connectivity index (χ1n) is 11.0. The number of carbonyl (C=O) groups is 2. The molecule has 0 saturated carbocycles. The number of thioether (sulfide) groups is 1. The third-order valence-corrected chi connectivity index (χ3v) is 7.36. The maximum Gasteiger partial charge on any atom is 0.293 e. The number of imide groups is 1. The van der Waals surface area contributed by atoms with Crippen molar-refractivity contribution in [2.24, 2.45) is 0 Å². The summed E-state index contributed by atoms with van der Waals surface area (Å²) < 4.78 is 18.1. The number of amides is 2. The van der Waals surface area contributed by atoms with Gasteiger partial charge in [-0.3, -0.25) is 14.5 Å². The molecule has 6 nitrogen and oxygen atoms in total. The summed E-state index contributed by atoms with van der Waals surface area (Å²) in [5, 5.41) is 0.134. The van der Waals surface area contributed by atoms with E-state index in [-0.39, 0.29) is 24.3 Å². The van der Waals surface area contributed by atoms with Crippen LogP contribution in [0.15, 0.2) is 65.6 Å². The lowest BCUT2D eigenvalue weighted by Crippen LogP contribution is -2.32. The predicted molar refractivity (Wildman–Crippen MR) is 151 cm³/mol. The van der Waals surface area contributed by atoms with Crippen molar-refractivity contribution in [1.82, 2.24) is 4.90 Å². The molecule has 4 rings (SSSR count). The van der Waals surface area contributed by atoms with E-state index >= 15 is 0 Å². The van der Waals surface area contributed by atoms with E-state index in [1.165, 1.54) is 10.5 Å². The van der Waals surface area contributed by atoms with Gasteiger partial charge >= 0.3 is 0 Å². The van der Waals surface area contributed by atoms with Gasteiger partial charge < -0.3 is 14.2 Å². The van der Waals surface area contributed by atoms with Gasteiger partial charge in [-0.25, -0.2) is 0 Å². The highest BCUT2D eigenvalue weighted by atomic mass is 127. The molecule has 1 aliphatic heterocycles. The third kappa shape index (κ3) is 6.35. The van der Waals surface area contributed by atoms with Crippen molar-refractivity contribution in [3.63, 3.8) is 0 Å². The van der Waals surface area contributed by atoms with Gasteiger partial charge in [-0.05, 0) is 82.7 Å². The molecule has 3 aromatic carbocycles. The van der Waals surface area contributed by atoms with Gasteiger partial charge in [-0.1, -0.05) is 53.6 Å². The molecule has 0 atom stereocenters. The van der Waals surface area contributed by atoms with Crippen LogP contribution in [-0.2, 0) is 11.4 Å². The first-order chi connectivity index (χ1) is 17.4. The van der Waals surface area contributed by atoms with Crippen LogP contribution in [0.2, 0.25) is 5.02 Å². The molecule has 0 N–H and O–H groups in total. The van der Waals surface area contributed by atoms with Crippen molar-refractivity contribution in [3.8, 4) is 17.2 Å². The minimum absolute atomic E-state index is 0.125. The summed E-state index contributed by atoms with van der Waals surface area (Å²) in [7, 11) is 1.57. The molecule has 2 amide bonds. The van der Waals surface area contributed by atoms with Gasteiger partial charge in [0.15, 0.2) is 11.5 Å². The van der Waals surface area contributed by atoms with E-state index < -0.39 is 0 Å². The summed E-state index contributed by atoms with van der Waals surface area (Å²) in [5.41, 5.74) is 2.97. The SMILES string of the molecule is COc1cc(/C=C2\SC(=O)N(CCOc3ccccc3Cl)C2=O)cc(I)c1OCc1ccc(C)cc1. The van der Waals surface area contributed by atoms with Crippen LogP contribution in [-0.4, -0.2) is 36.3 Å². The minimum Gasteiger partial charge on any atom is -0.493 e. The first kappa shape index (κ1) is 26.4. The molecule has 0 spiro atoms. The normalized spacial score (nSPS) is 14.4. The Labute approximate surface area is 232 Å². The predicted octanol–water partition coefficient (Wildman–Crippen LogP) is 6.96. The van der Waals surface area contributed by atoms with Crippen LogP contribution >= 0.6 is 46.0 Å². The van der Waals surface area contributed by atoms with E-state index in [0.717, 1.165) is 26.5 Å². The lowest BCUT2D eigenvalue weighted by molar-refractivity contribution is -0.123. The van der Waals surface area contributed by atoms with Crippen LogP contribution in [0.4, 0.5) is 4.79 Å². The largest absolute Gasteiger partial charge is 0.493 e. The van der Waals surface area contributed by atoms with E-state index in [1.807, 2.05) is 37.3 Å². The average Bonchev–Trinajstić information content (AvgIpc) is 3.12. The van der Waals surface area contributed by atoms with Crippen LogP contribution in [0.3, 0.4) is 0 Å². The second-order valence-electron chi connectivity index (χ2n) is 7.92. The van der Waals surface area contributed by atoms with E-state index in [1.54, 1.807) is 43.5 Å². The number of carbonyl (C=O) groups excluding carboxylic acids is 2. The fourth-order valence-corrected chi connectivity index (χ4v) is 5.29. The number of methoxy groups -OCH3 is 1. The lowest BCUT2D eigenvalue weighted by Gasteiger charge is -2.14. The summed E-state index contributed by atoms with van der Waals surface area (Å²) in [6.07, 6.45) is 1.69. The van der Waals surface area contributed by atoms with Gasteiger partial charge in [-0.15, -0.1) is 0 Å². The van der Waals surface area contributed by atoms with Crippen LogP contribution in [0.1, 0.15) is 16.7 Å². The molecule has 0 radical (unpaired) electrons. The molecule has 36 heavy (non-hydrogen) atoms. The number of hydrogen-bond donors (Lipinski definition) is 0. The van der Waals surface area contributed by atoms with Crippen molar-refractivity contribution >= 4 is 63.2 Å². The lowest BCUT2D eigenvalue weighted by atomic mass is 10.1. The Morgan fingerprint density at radius 3 is 2.50 bits per heavy atom.